The number of hydrogen-bond acceptors (Lipinski definition) is 3. The quantitative estimate of drug-likeness (QED) is 0.714. The van der Waals surface area contributed by atoms with Gasteiger partial charge < -0.3 is 9.84 Å². The fourth-order valence-electron chi connectivity index (χ4n) is 0.835. The van der Waals surface area contributed by atoms with Crippen LogP contribution in [0.2, 0.25) is 0 Å². The van der Waals surface area contributed by atoms with E-state index in [0.29, 0.717) is 0 Å². The summed E-state index contributed by atoms with van der Waals surface area (Å²) in [7, 11) is 0. The minimum absolute atomic E-state index is 0.00230. The molecule has 0 spiro atoms. The number of ether oxygens (including phenoxy) is 1. The van der Waals surface area contributed by atoms with E-state index in [4.69, 9.17) is 16.3 Å². The Morgan fingerprint density at radius 3 is 3.08 bits per heavy atom. The van der Waals surface area contributed by atoms with Gasteiger partial charge in [0.2, 0.25) is 0 Å². The molecule has 0 fully saturated rings. The average molecular weight is 182 g/mol. The number of terminal acetylenes is 1. The Morgan fingerprint density at radius 2 is 2.58 bits per heavy atom. The summed E-state index contributed by atoms with van der Waals surface area (Å²) in [4.78, 5) is 0. The van der Waals surface area contributed by atoms with Gasteiger partial charge in [0.05, 0.1) is 13.2 Å². The summed E-state index contributed by atoms with van der Waals surface area (Å²) in [5.41, 5.74) is 0.982. The third-order valence-corrected chi connectivity index (χ3v) is 2.07. The molecule has 1 atom stereocenters. The summed E-state index contributed by atoms with van der Waals surface area (Å²) < 4.78 is 5.21. The Morgan fingerprint density at radius 1 is 1.75 bits per heavy atom. The standard InChI is InChI=1S/C9H10O2S/c1-2-9(11-5-4-10)8-3-6-12-7-8/h1,3,6-7,9-10H,4-5H2. The lowest BCUT2D eigenvalue weighted by molar-refractivity contribution is 0.0595. The van der Waals surface area contributed by atoms with E-state index in [0.717, 1.165) is 5.56 Å². The molecule has 3 heteroatoms. The zero-order valence-corrected chi connectivity index (χ0v) is 7.38. The molecule has 1 heterocycles. The predicted molar refractivity (Wildman–Crippen MR) is 48.9 cm³/mol. The topological polar surface area (TPSA) is 29.5 Å². The van der Waals surface area contributed by atoms with Gasteiger partial charge in [0.15, 0.2) is 0 Å². The normalized spacial score (nSPS) is 12.3. The van der Waals surface area contributed by atoms with Crippen LogP contribution in [0, 0.1) is 12.3 Å². The van der Waals surface area contributed by atoms with Gasteiger partial charge in [-0.1, -0.05) is 5.92 Å². The van der Waals surface area contributed by atoms with Gasteiger partial charge in [-0.2, -0.15) is 11.3 Å². The first-order valence-corrected chi connectivity index (χ1v) is 4.53. The van der Waals surface area contributed by atoms with E-state index in [1.165, 1.54) is 0 Å². The van der Waals surface area contributed by atoms with Crippen molar-refractivity contribution in [2.24, 2.45) is 0 Å². The second-order valence-electron chi connectivity index (χ2n) is 2.20. The SMILES string of the molecule is C#CC(OCCO)c1ccsc1. The fraction of sp³-hybridized carbons (Fsp3) is 0.333. The Balaban J connectivity index is 2.53. The minimum Gasteiger partial charge on any atom is -0.394 e. The third-order valence-electron chi connectivity index (χ3n) is 1.37. The minimum atomic E-state index is -0.316. The maximum atomic E-state index is 8.52. The first-order valence-electron chi connectivity index (χ1n) is 3.59. The number of rotatable bonds is 4. The fourth-order valence-corrected chi connectivity index (χ4v) is 1.51. The first kappa shape index (κ1) is 9.27. The van der Waals surface area contributed by atoms with Crippen LogP contribution >= 0.6 is 11.3 Å². The smallest absolute Gasteiger partial charge is 0.144 e. The van der Waals surface area contributed by atoms with E-state index in [-0.39, 0.29) is 19.3 Å². The van der Waals surface area contributed by atoms with Crippen LogP contribution in [0.3, 0.4) is 0 Å². The molecule has 0 saturated heterocycles. The zero-order chi connectivity index (χ0) is 8.81. The molecular formula is C9H10O2S. The Labute approximate surface area is 75.8 Å². The van der Waals surface area contributed by atoms with Crippen LogP contribution in [0.25, 0.3) is 0 Å². The van der Waals surface area contributed by atoms with Crippen LogP contribution in [0.5, 0.6) is 0 Å². The maximum absolute atomic E-state index is 8.52. The molecule has 1 N–H and O–H groups in total. The van der Waals surface area contributed by atoms with Gasteiger partial charge in [-0.05, 0) is 16.8 Å². The molecule has 64 valence electrons. The number of thiophene rings is 1. The summed E-state index contributed by atoms with van der Waals surface area (Å²) in [6.45, 7) is 0.285. The molecule has 0 aliphatic heterocycles. The van der Waals surface area contributed by atoms with Crippen molar-refractivity contribution >= 4 is 11.3 Å². The van der Waals surface area contributed by atoms with Crippen LogP contribution in [0.1, 0.15) is 11.7 Å². The number of hydrogen-bond donors (Lipinski definition) is 1. The highest BCUT2D eigenvalue weighted by molar-refractivity contribution is 7.07. The zero-order valence-electron chi connectivity index (χ0n) is 6.56. The first-order chi connectivity index (χ1) is 5.88. The van der Waals surface area contributed by atoms with Crippen LogP contribution in [0.4, 0.5) is 0 Å². The molecule has 1 aromatic heterocycles. The van der Waals surface area contributed by atoms with E-state index in [1.807, 2.05) is 16.8 Å². The van der Waals surface area contributed by atoms with Gasteiger partial charge in [-0.25, -0.2) is 0 Å². The molecule has 0 aromatic carbocycles. The van der Waals surface area contributed by atoms with Crippen LogP contribution in [-0.2, 0) is 4.74 Å². The second kappa shape index (κ2) is 4.94. The van der Waals surface area contributed by atoms with Crippen molar-refractivity contribution in [2.45, 2.75) is 6.10 Å². The molecule has 2 nitrogen and oxygen atoms in total. The lowest BCUT2D eigenvalue weighted by Crippen LogP contribution is -2.04. The molecule has 1 rings (SSSR count). The van der Waals surface area contributed by atoms with Crippen LogP contribution < -0.4 is 0 Å². The van der Waals surface area contributed by atoms with Crippen molar-refractivity contribution in [2.75, 3.05) is 13.2 Å². The van der Waals surface area contributed by atoms with Gasteiger partial charge in [0, 0.05) is 5.56 Å². The van der Waals surface area contributed by atoms with Gasteiger partial charge in [-0.15, -0.1) is 6.42 Å². The number of aliphatic hydroxyl groups excluding tert-OH is 1. The van der Waals surface area contributed by atoms with E-state index in [9.17, 15) is 0 Å². The van der Waals surface area contributed by atoms with Gasteiger partial charge >= 0.3 is 0 Å². The summed E-state index contributed by atoms with van der Waals surface area (Å²) in [6.07, 6.45) is 4.94. The molecule has 1 unspecified atom stereocenters. The molecule has 1 aromatic rings. The highest BCUT2D eigenvalue weighted by Crippen LogP contribution is 2.18. The van der Waals surface area contributed by atoms with Crippen molar-refractivity contribution in [1.82, 2.24) is 0 Å². The van der Waals surface area contributed by atoms with Crippen LogP contribution in [-0.4, -0.2) is 18.3 Å². The molecule has 0 bridgehead atoms. The molecular weight excluding hydrogens is 172 g/mol. The lowest BCUT2D eigenvalue weighted by atomic mass is 10.2. The lowest BCUT2D eigenvalue weighted by Gasteiger charge is -2.08. The summed E-state index contributed by atoms with van der Waals surface area (Å²) in [6, 6.07) is 1.92. The Kier molecular flexibility index (Phi) is 3.81. The van der Waals surface area contributed by atoms with E-state index < -0.39 is 0 Å². The summed E-state index contributed by atoms with van der Waals surface area (Å²) in [5.74, 6) is 2.51. The highest BCUT2D eigenvalue weighted by Gasteiger charge is 2.07. The second-order valence-corrected chi connectivity index (χ2v) is 2.98. The van der Waals surface area contributed by atoms with Crippen molar-refractivity contribution in [3.05, 3.63) is 22.4 Å². The number of aliphatic hydroxyl groups is 1. The van der Waals surface area contributed by atoms with Gasteiger partial charge in [0.1, 0.15) is 6.10 Å². The molecule has 0 aliphatic carbocycles. The van der Waals surface area contributed by atoms with Crippen LogP contribution in [0.15, 0.2) is 16.8 Å². The van der Waals surface area contributed by atoms with Crippen molar-refractivity contribution in [3.8, 4) is 12.3 Å². The summed E-state index contributed by atoms with van der Waals surface area (Å²) in [5, 5.41) is 12.4. The predicted octanol–water partition coefficient (Wildman–Crippen LogP) is 1.43. The van der Waals surface area contributed by atoms with E-state index in [2.05, 4.69) is 5.92 Å². The van der Waals surface area contributed by atoms with Crippen molar-refractivity contribution in [1.29, 1.82) is 0 Å². The molecule has 12 heavy (non-hydrogen) atoms. The molecule has 0 amide bonds. The van der Waals surface area contributed by atoms with E-state index >= 15 is 0 Å². The van der Waals surface area contributed by atoms with Crippen molar-refractivity contribution in [3.63, 3.8) is 0 Å². The summed E-state index contributed by atoms with van der Waals surface area (Å²) >= 11 is 1.58. The van der Waals surface area contributed by atoms with Gasteiger partial charge in [-0.3, -0.25) is 0 Å². The molecule has 0 radical (unpaired) electrons. The third kappa shape index (κ3) is 2.35. The largest absolute Gasteiger partial charge is 0.394 e. The highest BCUT2D eigenvalue weighted by atomic mass is 32.1. The monoisotopic (exact) mass is 182 g/mol. The molecule has 0 aliphatic rings. The molecule has 0 saturated carbocycles. The Bertz CT molecular complexity index is 248. The maximum Gasteiger partial charge on any atom is 0.144 e. The Hall–Kier alpha value is -0.820. The van der Waals surface area contributed by atoms with E-state index in [1.54, 1.807) is 11.3 Å². The average Bonchev–Trinajstić information content (AvgIpc) is 2.59. The van der Waals surface area contributed by atoms with Crippen molar-refractivity contribution < 1.29 is 9.84 Å². The van der Waals surface area contributed by atoms with Gasteiger partial charge in [0.25, 0.3) is 0 Å².